The van der Waals surface area contributed by atoms with Crippen LogP contribution in [-0.2, 0) is 24.3 Å². The number of nitriles is 1. The zero-order chi connectivity index (χ0) is 14.0. The van der Waals surface area contributed by atoms with Gasteiger partial charge in [0.05, 0.1) is 19.3 Å². The molecule has 0 saturated carbocycles. The van der Waals surface area contributed by atoms with E-state index in [2.05, 4.69) is 4.74 Å². The summed E-state index contributed by atoms with van der Waals surface area (Å²) in [6.07, 6.45) is 0.0613. The average Bonchev–Trinajstić information content (AvgIpc) is 2.28. The number of esters is 1. The molecule has 0 aliphatic rings. The highest BCUT2D eigenvalue weighted by Crippen LogP contribution is 2.04. The number of sulfonamides is 1. The summed E-state index contributed by atoms with van der Waals surface area (Å²) in [5.74, 6) is -1.51. The second-order valence-corrected chi connectivity index (χ2v) is 5.33. The van der Waals surface area contributed by atoms with E-state index in [0.717, 1.165) is 4.31 Å². The van der Waals surface area contributed by atoms with Crippen LogP contribution in [0.1, 0.15) is 13.3 Å². The molecule has 8 heteroatoms. The Morgan fingerprint density at radius 1 is 1.39 bits per heavy atom. The molecule has 0 unspecified atom stereocenters. The number of nitrogens with zero attached hydrogens (tertiary/aromatic N) is 2. The van der Waals surface area contributed by atoms with E-state index in [1.54, 1.807) is 6.92 Å². The minimum absolute atomic E-state index is 0.0433. The second-order valence-electron chi connectivity index (χ2n) is 3.36. The molecule has 0 aliphatic heterocycles. The van der Waals surface area contributed by atoms with Crippen LogP contribution in [0.2, 0.25) is 0 Å². The molecule has 0 atom stereocenters. The first-order valence-corrected chi connectivity index (χ1v) is 7.08. The molecule has 0 N–H and O–H groups in total. The van der Waals surface area contributed by atoms with Crippen molar-refractivity contribution in [2.45, 2.75) is 13.3 Å². The molecular weight excluding hydrogens is 260 g/mol. The van der Waals surface area contributed by atoms with Gasteiger partial charge in [0.25, 0.3) is 0 Å². The Labute approximate surface area is 107 Å². The highest BCUT2D eigenvalue weighted by atomic mass is 32.2. The molecule has 0 heterocycles. The molecule has 0 saturated heterocycles. The third-order valence-corrected chi connectivity index (χ3v) is 3.77. The molecule has 0 aromatic heterocycles. The normalized spacial score (nSPS) is 11.2. The van der Waals surface area contributed by atoms with E-state index in [1.807, 2.05) is 6.07 Å². The van der Waals surface area contributed by atoms with Gasteiger partial charge >= 0.3 is 5.97 Å². The molecule has 0 bridgehead atoms. The van der Waals surface area contributed by atoms with Crippen LogP contribution in [-0.4, -0.2) is 57.9 Å². The van der Waals surface area contributed by atoms with E-state index in [4.69, 9.17) is 10.00 Å². The number of carbonyl (C=O) groups excluding carboxylic acids is 1. The van der Waals surface area contributed by atoms with Crippen LogP contribution in [0.4, 0.5) is 0 Å². The maximum atomic E-state index is 11.9. The zero-order valence-electron chi connectivity index (χ0n) is 10.6. The summed E-state index contributed by atoms with van der Waals surface area (Å²) < 4.78 is 34.2. The largest absolute Gasteiger partial charge is 0.465 e. The fraction of sp³-hybridized carbons (Fsp3) is 0.800. The van der Waals surface area contributed by atoms with Crippen molar-refractivity contribution in [3.63, 3.8) is 0 Å². The summed E-state index contributed by atoms with van der Waals surface area (Å²) >= 11 is 0. The first-order valence-electron chi connectivity index (χ1n) is 5.47. The Kier molecular flexibility index (Phi) is 8.28. The van der Waals surface area contributed by atoms with Crippen molar-refractivity contribution < 1.29 is 22.7 Å². The van der Waals surface area contributed by atoms with Gasteiger partial charge in [0.15, 0.2) is 5.75 Å². The van der Waals surface area contributed by atoms with Crippen molar-refractivity contribution in [3.8, 4) is 6.07 Å². The highest BCUT2D eigenvalue weighted by molar-refractivity contribution is 7.89. The summed E-state index contributed by atoms with van der Waals surface area (Å²) in [5.41, 5.74) is 0. The van der Waals surface area contributed by atoms with Gasteiger partial charge in [0.2, 0.25) is 10.0 Å². The Balaban J connectivity index is 4.63. The van der Waals surface area contributed by atoms with Gasteiger partial charge in [-0.15, -0.1) is 0 Å². The van der Waals surface area contributed by atoms with Crippen LogP contribution in [0, 0.1) is 11.3 Å². The van der Waals surface area contributed by atoms with E-state index in [9.17, 15) is 13.2 Å². The van der Waals surface area contributed by atoms with Crippen LogP contribution in [0.5, 0.6) is 0 Å². The quantitative estimate of drug-likeness (QED) is 0.539. The van der Waals surface area contributed by atoms with E-state index in [1.165, 1.54) is 7.11 Å². The highest BCUT2D eigenvalue weighted by Gasteiger charge is 2.25. The van der Waals surface area contributed by atoms with Gasteiger partial charge in [-0.05, 0) is 6.92 Å². The molecule has 7 nitrogen and oxygen atoms in total. The van der Waals surface area contributed by atoms with Crippen LogP contribution in [0.15, 0.2) is 0 Å². The summed E-state index contributed by atoms with van der Waals surface area (Å²) in [4.78, 5) is 11.2. The fourth-order valence-corrected chi connectivity index (χ4v) is 2.49. The Bertz CT molecular complexity index is 388. The van der Waals surface area contributed by atoms with Crippen molar-refractivity contribution in [2.24, 2.45) is 0 Å². The number of carbonyl (C=O) groups is 1. The van der Waals surface area contributed by atoms with Crippen LogP contribution in [0.3, 0.4) is 0 Å². The Morgan fingerprint density at radius 3 is 2.56 bits per heavy atom. The Hall–Kier alpha value is -1.17. The third kappa shape index (κ3) is 6.54. The smallest absolute Gasteiger partial charge is 0.322 e. The zero-order valence-corrected chi connectivity index (χ0v) is 11.4. The minimum Gasteiger partial charge on any atom is -0.465 e. The van der Waals surface area contributed by atoms with E-state index in [-0.39, 0.29) is 32.7 Å². The molecule has 0 aliphatic carbocycles. The van der Waals surface area contributed by atoms with Gasteiger partial charge in [-0.3, -0.25) is 4.79 Å². The molecule has 18 heavy (non-hydrogen) atoms. The summed E-state index contributed by atoms with van der Waals surface area (Å²) in [6, 6.07) is 1.86. The van der Waals surface area contributed by atoms with Crippen LogP contribution >= 0.6 is 0 Å². The molecule has 0 rings (SSSR count). The lowest BCUT2D eigenvalue weighted by atomic mass is 10.4. The van der Waals surface area contributed by atoms with Crippen LogP contribution < -0.4 is 0 Å². The predicted octanol–water partition coefficient (Wildman–Crippen LogP) is -0.259. The van der Waals surface area contributed by atoms with Crippen LogP contribution in [0.25, 0.3) is 0 Å². The van der Waals surface area contributed by atoms with E-state index >= 15 is 0 Å². The summed E-state index contributed by atoms with van der Waals surface area (Å²) in [7, 11) is -2.32. The maximum absolute atomic E-state index is 11.9. The molecule has 0 spiro atoms. The molecule has 0 fully saturated rings. The number of methoxy groups -OCH3 is 1. The average molecular weight is 278 g/mol. The predicted molar refractivity (Wildman–Crippen MR) is 64.1 cm³/mol. The molecular formula is C10H18N2O5S. The van der Waals surface area contributed by atoms with Crippen molar-refractivity contribution in [1.29, 1.82) is 5.26 Å². The first-order chi connectivity index (χ1) is 8.47. The van der Waals surface area contributed by atoms with Crippen molar-refractivity contribution in [3.05, 3.63) is 0 Å². The van der Waals surface area contributed by atoms with Gasteiger partial charge in [0, 0.05) is 26.6 Å². The molecule has 0 radical (unpaired) electrons. The second kappa shape index (κ2) is 8.85. The molecule has 0 amide bonds. The van der Waals surface area contributed by atoms with Crippen molar-refractivity contribution in [2.75, 3.05) is 39.2 Å². The molecule has 104 valence electrons. The van der Waals surface area contributed by atoms with E-state index in [0.29, 0.717) is 0 Å². The van der Waals surface area contributed by atoms with Gasteiger partial charge in [0.1, 0.15) is 0 Å². The lowest BCUT2D eigenvalue weighted by Crippen LogP contribution is -2.38. The van der Waals surface area contributed by atoms with Crippen molar-refractivity contribution >= 4 is 16.0 Å². The van der Waals surface area contributed by atoms with Gasteiger partial charge in [-0.2, -0.15) is 9.57 Å². The topological polar surface area (TPSA) is 96.7 Å². The summed E-state index contributed by atoms with van der Waals surface area (Å²) in [6.45, 7) is 2.09. The van der Waals surface area contributed by atoms with Crippen molar-refractivity contribution in [1.82, 2.24) is 4.31 Å². The van der Waals surface area contributed by atoms with Gasteiger partial charge < -0.3 is 9.47 Å². The van der Waals surface area contributed by atoms with Gasteiger partial charge in [-0.1, -0.05) is 0 Å². The molecule has 0 aromatic carbocycles. The SMILES string of the molecule is CCOC(=O)CS(=O)(=O)N(CCC#N)CCOC. The number of ether oxygens (including phenoxy) is 2. The standard InChI is InChI=1S/C10H18N2O5S/c1-3-17-10(13)9-18(14,15)12(6-4-5-11)7-8-16-2/h3-4,6-9H2,1-2H3. The summed E-state index contributed by atoms with van der Waals surface area (Å²) in [5, 5.41) is 8.48. The fourth-order valence-electron chi connectivity index (χ4n) is 1.20. The van der Waals surface area contributed by atoms with Gasteiger partial charge in [-0.25, -0.2) is 8.42 Å². The Morgan fingerprint density at radius 2 is 2.06 bits per heavy atom. The molecule has 0 aromatic rings. The number of hydrogen-bond acceptors (Lipinski definition) is 6. The monoisotopic (exact) mass is 278 g/mol. The van der Waals surface area contributed by atoms with E-state index < -0.39 is 21.7 Å². The lowest BCUT2D eigenvalue weighted by Gasteiger charge is -2.20. The minimum atomic E-state index is -3.76. The lowest BCUT2D eigenvalue weighted by molar-refractivity contribution is -0.140. The number of rotatable bonds is 9. The number of hydrogen-bond donors (Lipinski definition) is 0. The maximum Gasteiger partial charge on any atom is 0.322 e. The third-order valence-electron chi connectivity index (χ3n) is 2.02. The first kappa shape index (κ1) is 16.8.